The van der Waals surface area contributed by atoms with E-state index in [1.54, 1.807) is 0 Å². The number of amides is 1. The molecule has 1 aliphatic carbocycles. The summed E-state index contributed by atoms with van der Waals surface area (Å²) in [6.07, 6.45) is 7.91. The molecule has 1 N–H and O–H groups in total. The monoisotopic (exact) mass is 288 g/mol. The van der Waals surface area contributed by atoms with Crippen molar-refractivity contribution in [2.45, 2.75) is 51.7 Å². The second-order valence-corrected chi connectivity index (χ2v) is 6.46. The van der Waals surface area contributed by atoms with Gasteiger partial charge in [0, 0.05) is 18.6 Å². The zero-order valence-corrected chi connectivity index (χ0v) is 12.6. The predicted molar refractivity (Wildman–Crippen MR) is 78.0 cm³/mol. The van der Waals surface area contributed by atoms with Crippen molar-refractivity contribution in [3.05, 3.63) is 29.8 Å². The van der Waals surface area contributed by atoms with Gasteiger partial charge in [0.1, 0.15) is 5.60 Å². The van der Waals surface area contributed by atoms with Crippen LogP contribution in [0.5, 0.6) is 0 Å². The topological polar surface area (TPSA) is 68.5 Å². The molecule has 0 unspecified atom stereocenters. The van der Waals surface area contributed by atoms with Gasteiger partial charge in [-0.1, -0.05) is 0 Å². The Labute approximate surface area is 123 Å². The van der Waals surface area contributed by atoms with E-state index in [1.165, 1.54) is 18.4 Å². The third kappa shape index (κ3) is 3.51. The molecule has 6 nitrogen and oxygen atoms in total. The normalized spacial score (nSPS) is 15.2. The van der Waals surface area contributed by atoms with Crippen molar-refractivity contribution in [1.29, 1.82) is 0 Å². The molecule has 0 aliphatic heterocycles. The van der Waals surface area contributed by atoms with Gasteiger partial charge in [-0.15, -0.1) is 0 Å². The van der Waals surface area contributed by atoms with Gasteiger partial charge in [-0.25, -0.2) is 14.8 Å². The van der Waals surface area contributed by atoms with Crippen LogP contribution < -0.4 is 5.32 Å². The molecule has 1 saturated carbocycles. The van der Waals surface area contributed by atoms with Crippen molar-refractivity contribution in [3.8, 4) is 0 Å². The lowest BCUT2D eigenvalue weighted by molar-refractivity contribution is 0.0523. The molecule has 3 rings (SSSR count). The SMILES string of the molecule is CC(C)(C)OC(=O)NCc1cn2cc(C3CC3)cnc2n1. The molecule has 21 heavy (non-hydrogen) atoms. The highest BCUT2D eigenvalue weighted by Gasteiger charge is 2.24. The third-order valence-electron chi connectivity index (χ3n) is 3.24. The molecule has 0 spiro atoms. The lowest BCUT2D eigenvalue weighted by Gasteiger charge is -2.19. The molecule has 112 valence electrons. The maximum atomic E-state index is 11.6. The summed E-state index contributed by atoms with van der Waals surface area (Å²) in [6.45, 7) is 5.83. The third-order valence-corrected chi connectivity index (χ3v) is 3.24. The average molecular weight is 288 g/mol. The van der Waals surface area contributed by atoms with Crippen molar-refractivity contribution in [2.75, 3.05) is 0 Å². The first-order chi connectivity index (χ1) is 9.90. The van der Waals surface area contributed by atoms with Crippen LogP contribution in [0.4, 0.5) is 4.79 Å². The molecule has 0 radical (unpaired) electrons. The maximum Gasteiger partial charge on any atom is 0.407 e. The van der Waals surface area contributed by atoms with Crippen LogP contribution >= 0.6 is 0 Å². The number of rotatable bonds is 3. The molecule has 0 saturated heterocycles. The van der Waals surface area contributed by atoms with E-state index >= 15 is 0 Å². The van der Waals surface area contributed by atoms with E-state index in [9.17, 15) is 4.79 Å². The Morgan fingerprint density at radius 1 is 1.43 bits per heavy atom. The Hall–Kier alpha value is -2.11. The number of hydrogen-bond donors (Lipinski definition) is 1. The Balaban J connectivity index is 1.65. The van der Waals surface area contributed by atoms with E-state index in [1.807, 2.05) is 37.6 Å². The van der Waals surface area contributed by atoms with Crippen molar-refractivity contribution in [2.24, 2.45) is 0 Å². The van der Waals surface area contributed by atoms with Gasteiger partial charge in [-0.05, 0) is 45.1 Å². The van der Waals surface area contributed by atoms with Crippen molar-refractivity contribution in [3.63, 3.8) is 0 Å². The lowest BCUT2D eigenvalue weighted by Crippen LogP contribution is -2.32. The van der Waals surface area contributed by atoms with Gasteiger partial charge < -0.3 is 10.1 Å². The summed E-state index contributed by atoms with van der Waals surface area (Å²) in [6, 6.07) is 0. The van der Waals surface area contributed by atoms with E-state index < -0.39 is 11.7 Å². The number of nitrogens with zero attached hydrogens (tertiary/aromatic N) is 3. The average Bonchev–Trinajstić information content (AvgIpc) is 3.14. The molecule has 1 fully saturated rings. The molecule has 0 aromatic carbocycles. The molecule has 1 aliphatic rings. The number of nitrogens with one attached hydrogen (secondary N) is 1. The Kier molecular flexibility index (Phi) is 3.31. The Bertz CT molecular complexity index is 668. The molecule has 2 heterocycles. The first-order valence-corrected chi connectivity index (χ1v) is 7.21. The van der Waals surface area contributed by atoms with Gasteiger partial charge in [0.15, 0.2) is 0 Å². The first-order valence-electron chi connectivity index (χ1n) is 7.21. The number of imidazole rings is 1. The summed E-state index contributed by atoms with van der Waals surface area (Å²) in [4.78, 5) is 20.4. The zero-order chi connectivity index (χ0) is 15.0. The van der Waals surface area contributed by atoms with Crippen LogP contribution in [-0.2, 0) is 11.3 Å². The highest BCUT2D eigenvalue weighted by Crippen LogP contribution is 2.39. The fourth-order valence-corrected chi connectivity index (χ4v) is 2.14. The zero-order valence-electron chi connectivity index (χ0n) is 12.6. The standard InChI is InChI=1S/C15H20N4O2/c1-15(2,3)21-14(20)17-7-12-9-19-8-11(10-4-5-10)6-16-13(19)18-12/h6,8-10H,4-5,7H2,1-3H3,(H,17,20). The van der Waals surface area contributed by atoms with Crippen LogP contribution in [-0.4, -0.2) is 26.1 Å². The van der Waals surface area contributed by atoms with Crippen LogP contribution in [0.2, 0.25) is 0 Å². The number of fused-ring (bicyclic) bond motifs is 1. The number of carbonyl (C=O) groups is 1. The van der Waals surface area contributed by atoms with Gasteiger partial charge >= 0.3 is 6.09 Å². The van der Waals surface area contributed by atoms with Crippen molar-refractivity contribution in [1.82, 2.24) is 19.7 Å². The maximum absolute atomic E-state index is 11.6. The van der Waals surface area contributed by atoms with E-state index in [2.05, 4.69) is 21.5 Å². The van der Waals surface area contributed by atoms with Gasteiger partial charge in [-0.3, -0.25) is 4.40 Å². The highest BCUT2D eigenvalue weighted by molar-refractivity contribution is 5.67. The summed E-state index contributed by atoms with van der Waals surface area (Å²) in [7, 11) is 0. The number of alkyl carbamates (subject to hydrolysis) is 1. The Morgan fingerprint density at radius 3 is 2.86 bits per heavy atom. The van der Waals surface area contributed by atoms with Crippen LogP contribution in [0.3, 0.4) is 0 Å². The lowest BCUT2D eigenvalue weighted by atomic mass is 10.2. The van der Waals surface area contributed by atoms with Gasteiger partial charge in [-0.2, -0.15) is 0 Å². The van der Waals surface area contributed by atoms with E-state index in [0.717, 1.165) is 5.69 Å². The Morgan fingerprint density at radius 2 is 2.19 bits per heavy atom. The van der Waals surface area contributed by atoms with Crippen LogP contribution in [0.1, 0.15) is 50.8 Å². The molecule has 1 amide bonds. The number of ether oxygens (including phenoxy) is 1. The molecule has 2 aromatic heterocycles. The van der Waals surface area contributed by atoms with Crippen molar-refractivity contribution >= 4 is 11.9 Å². The second kappa shape index (κ2) is 5.02. The summed E-state index contributed by atoms with van der Waals surface area (Å²) in [5.41, 5.74) is 1.52. The smallest absolute Gasteiger partial charge is 0.407 e. The van der Waals surface area contributed by atoms with E-state index in [-0.39, 0.29) is 0 Å². The van der Waals surface area contributed by atoms with Crippen molar-refractivity contribution < 1.29 is 9.53 Å². The number of hydrogen-bond acceptors (Lipinski definition) is 4. The van der Waals surface area contributed by atoms with Crippen LogP contribution in [0, 0.1) is 0 Å². The predicted octanol–water partition coefficient (Wildman–Crippen LogP) is 2.63. The largest absolute Gasteiger partial charge is 0.444 e. The summed E-state index contributed by atoms with van der Waals surface area (Å²) in [5, 5.41) is 2.70. The minimum Gasteiger partial charge on any atom is -0.444 e. The van der Waals surface area contributed by atoms with Gasteiger partial charge in [0.05, 0.1) is 12.2 Å². The fourth-order valence-electron chi connectivity index (χ4n) is 2.14. The molecule has 0 bridgehead atoms. The quantitative estimate of drug-likeness (QED) is 0.942. The first kappa shape index (κ1) is 13.9. The highest BCUT2D eigenvalue weighted by atomic mass is 16.6. The minimum absolute atomic E-state index is 0.330. The molecule has 0 atom stereocenters. The number of carbonyl (C=O) groups excluding carboxylic acids is 1. The molecular formula is C15H20N4O2. The minimum atomic E-state index is -0.496. The van der Waals surface area contributed by atoms with Gasteiger partial charge in [0.2, 0.25) is 5.78 Å². The molecule has 2 aromatic rings. The molecular weight excluding hydrogens is 268 g/mol. The van der Waals surface area contributed by atoms with E-state index in [4.69, 9.17) is 4.74 Å². The second-order valence-electron chi connectivity index (χ2n) is 6.46. The summed E-state index contributed by atoms with van der Waals surface area (Å²) in [5.74, 6) is 1.31. The molecule has 6 heteroatoms. The van der Waals surface area contributed by atoms with Gasteiger partial charge in [0.25, 0.3) is 0 Å². The summed E-state index contributed by atoms with van der Waals surface area (Å²) >= 11 is 0. The fraction of sp³-hybridized carbons (Fsp3) is 0.533. The van der Waals surface area contributed by atoms with E-state index in [0.29, 0.717) is 18.2 Å². The van der Waals surface area contributed by atoms with Crippen LogP contribution in [0.15, 0.2) is 18.6 Å². The number of aromatic nitrogens is 3. The van der Waals surface area contributed by atoms with Crippen LogP contribution in [0.25, 0.3) is 5.78 Å². The summed E-state index contributed by atoms with van der Waals surface area (Å²) < 4.78 is 7.11.